The lowest BCUT2D eigenvalue weighted by molar-refractivity contribution is 0.857. The Bertz CT molecular complexity index is 331. The lowest BCUT2D eigenvalue weighted by Gasteiger charge is -2.12. The first-order valence-corrected chi connectivity index (χ1v) is 6.95. The predicted octanol–water partition coefficient (Wildman–Crippen LogP) is 5.86. The van der Waals surface area contributed by atoms with Crippen molar-refractivity contribution in [1.29, 1.82) is 0 Å². The lowest BCUT2D eigenvalue weighted by Crippen LogP contribution is -1.91. The molecule has 1 aromatic carbocycles. The molecule has 0 saturated carbocycles. The molecule has 0 spiro atoms. The van der Waals surface area contributed by atoms with Gasteiger partial charge in [-0.2, -0.15) is 0 Å². The van der Waals surface area contributed by atoms with Crippen molar-refractivity contribution in [2.24, 2.45) is 0 Å². The maximum Gasteiger partial charge on any atom is 0.0473 e. The third-order valence-electron chi connectivity index (χ3n) is 1.75. The van der Waals surface area contributed by atoms with Gasteiger partial charge in [0.05, 0.1) is 0 Å². The molecule has 0 aliphatic heterocycles. The number of hydrogen-bond acceptors (Lipinski definition) is 0. The van der Waals surface area contributed by atoms with Gasteiger partial charge in [0.1, 0.15) is 0 Å². The molecule has 0 heterocycles. The molecular weight excluding hydrogens is 428 g/mol. The van der Waals surface area contributed by atoms with Crippen LogP contribution in [0.15, 0.2) is 24.0 Å². The largest absolute Gasteiger partial charge is 0.0586 e. The van der Waals surface area contributed by atoms with Crippen LogP contribution in [-0.2, 0) is 0 Å². The summed E-state index contributed by atoms with van der Waals surface area (Å²) in [6.45, 7) is 4.35. The number of halogens is 4. The van der Waals surface area contributed by atoms with Crippen LogP contribution in [0.1, 0.15) is 25.3 Å². The second kappa shape index (κ2) is 4.77. The Hall–Kier alpha value is 1.14. The number of hydrogen-bond donors (Lipinski definition) is 0. The van der Waals surface area contributed by atoms with Crippen LogP contribution in [0.25, 0.3) is 0 Å². The highest BCUT2D eigenvalue weighted by atomic mass is 79.9. The van der Waals surface area contributed by atoms with Crippen LogP contribution < -0.4 is 0 Å². The summed E-state index contributed by atoms with van der Waals surface area (Å²) in [4.78, 5) is 0. The molecule has 0 radical (unpaired) electrons. The van der Waals surface area contributed by atoms with Crippen LogP contribution in [-0.4, -0.2) is 0 Å². The van der Waals surface area contributed by atoms with E-state index in [-0.39, 0.29) is 0 Å². The van der Waals surface area contributed by atoms with Gasteiger partial charge in [0, 0.05) is 17.9 Å². The first-order valence-electron chi connectivity index (χ1n) is 3.78. The van der Waals surface area contributed by atoms with Gasteiger partial charge >= 0.3 is 0 Å². The molecule has 0 atom stereocenters. The highest BCUT2D eigenvalue weighted by Gasteiger charge is 2.13. The fourth-order valence-electron chi connectivity index (χ4n) is 1.01. The summed E-state index contributed by atoms with van der Waals surface area (Å²) in [6.07, 6.45) is 0. The zero-order valence-electron chi connectivity index (χ0n) is 7.17. The molecule has 0 nitrogen and oxygen atoms in total. The Balaban J connectivity index is 3.41. The highest BCUT2D eigenvalue weighted by molar-refractivity contribution is 9.15. The maximum atomic E-state index is 3.57. The Labute approximate surface area is 112 Å². The zero-order valence-corrected chi connectivity index (χ0v) is 13.5. The van der Waals surface area contributed by atoms with E-state index < -0.39 is 0 Å². The summed E-state index contributed by atoms with van der Waals surface area (Å²) in [5.74, 6) is 0.509. The molecule has 4 heteroatoms. The smallest absolute Gasteiger partial charge is 0.0473 e. The molecule has 1 aromatic rings. The predicted molar refractivity (Wildman–Crippen MR) is 71.3 cm³/mol. The van der Waals surface area contributed by atoms with Crippen molar-refractivity contribution in [3.8, 4) is 0 Å². The van der Waals surface area contributed by atoms with Crippen LogP contribution in [0.2, 0.25) is 0 Å². The fourth-order valence-corrected chi connectivity index (χ4v) is 3.51. The molecular formula is C9H8Br4. The van der Waals surface area contributed by atoms with Crippen LogP contribution >= 0.6 is 63.7 Å². The monoisotopic (exact) mass is 432 g/mol. The van der Waals surface area contributed by atoms with E-state index in [0.717, 1.165) is 17.9 Å². The van der Waals surface area contributed by atoms with Crippen molar-refractivity contribution in [3.05, 3.63) is 29.5 Å². The van der Waals surface area contributed by atoms with E-state index in [1.165, 1.54) is 5.56 Å². The second-order valence-electron chi connectivity index (χ2n) is 3.04. The van der Waals surface area contributed by atoms with E-state index in [1.54, 1.807) is 0 Å². The summed E-state index contributed by atoms with van der Waals surface area (Å²) < 4.78 is 4.30. The number of rotatable bonds is 1. The van der Waals surface area contributed by atoms with E-state index in [9.17, 15) is 0 Å². The second-order valence-corrected chi connectivity index (χ2v) is 6.28. The number of benzene rings is 1. The molecule has 0 amide bonds. The molecule has 13 heavy (non-hydrogen) atoms. The third kappa shape index (κ3) is 2.58. The summed E-state index contributed by atoms with van der Waals surface area (Å²) >= 11 is 14.1. The van der Waals surface area contributed by atoms with Crippen molar-refractivity contribution < 1.29 is 0 Å². The van der Waals surface area contributed by atoms with Crippen molar-refractivity contribution in [1.82, 2.24) is 0 Å². The summed E-state index contributed by atoms with van der Waals surface area (Å²) in [5.41, 5.74) is 1.29. The summed E-state index contributed by atoms with van der Waals surface area (Å²) in [6, 6.07) is 2.13. The molecule has 0 N–H and O–H groups in total. The van der Waals surface area contributed by atoms with Crippen LogP contribution in [0.3, 0.4) is 0 Å². The van der Waals surface area contributed by atoms with Crippen molar-refractivity contribution >= 4 is 63.7 Å². The van der Waals surface area contributed by atoms with Gasteiger partial charge in [0.25, 0.3) is 0 Å². The summed E-state index contributed by atoms with van der Waals surface area (Å²) in [7, 11) is 0. The van der Waals surface area contributed by atoms with Gasteiger partial charge in [-0.25, -0.2) is 0 Å². The van der Waals surface area contributed by atoms with Gasteiger partial charge in [0.2, 0.25) is 0 Å². The fraction of sp³-hybridized carbons (Fsp3) is 0.333. The molecule has 72 valence electrons. The normalized spacial score (nSPS) is 11.0. The van der Waals surface area contributed by atoms with Gasteiger partial charge < -0.3 is 0 Å². The Kier molecular flexibility index (Phi) is 4.48. The third-order valence-corrected chi connectivity index (χ3v) is 6.45. The van der Waals surface area contributed by atoms with Gasteiger partial charge in [-0.05, 0) is 81.3 Å². The van der Waals surface area contributed by atoms with E-state index in [0.29, 0.717) is 5.92 Å². The highest BCUT2D eigenvalue weighted by Crippen LogP contribution is 2.41. The van der Waals surface area contributed by atoms with E-state index in [1.807, 2.05) is 0 Å². The molecule has 1 rings (SSSR count). The maximum absolute atomic E-state index is 3.57. The SMILES string of the molecule is CC(C)c1cc(Br)c(Br)c(Br)c1Br. The van der Waals surface area contributed by atoms with Crippen LogP contribution in [0, 0.1) is 0 Å². The molecule has 0 aromatic heterocycles. The van der Waals surface area contributed by atoms with E-state index >= 15 is 0 Å². The molecule has 0 bridgehead atoms. The Morgan fingerprint density at radius 1 is 0.923 bits per heavy atom. The first-order chi connectivity index (χ1) is 5.95. The van der Waals surface area contributed by atoms with E-state index in [2.05, 4.69) is 83.6 Å². The van der Waals surface area contributed by atoms with Gasteiger partial charge in [-0.3, -0.25) is 0 Å². The average Bonchev–Trinajstić information content (AvgIpc) is 2.07. The van der Waals surface area contributed by atoms with Crippen LogP contribution in [0.4, 0.5) is 0 Å². The molecule has 0 unspecified atom stereocenters. The van der Waals surface area contributed by atoms with Gasteiger partial charge in [-0.1, -0.05) is 13.8 Å². The zero-order chi connectivity index (χ0) is 10.2. The van der Waals surface area contributed by atoms with E-state index in [4.69, 9.17) is 0 Å². The Morgan fingerprint density at radius 2 is 1.46 bits per heavy atom. The molecule has 0 aliphatic carbocycles. The average molecular weight is 436 g/mol. The first kappa shape index (κ1) is 12.2. The van der Waals surface area contributed by atoms with Crippen molar-refractivity contribution in [3.63, 3.8) is 0 Å². The topological polar surface area (TPSA) is 0 Å². The quantitative estimate of drug-likeness (QED) is 0.383. The standard InChI is InChI=1S/C9H8Br4/c1-4(2)5-3-6(10)8(12)9(13)7(5)11/h3-4H,1-2H3. The van der Waals surface area contributed by atoms with Gasteiger partial charge in [-0.15, -0.1) is 0 Å². The Morgan fingerprint density at radius 3 is 1.92 bits per heavy atom. The minimum Gasteiger partial charge on any atom is -0.0586 e. The molecule has 0 aliphatic rings. The van der Waals surface area contributed by atoms with Gasteiger partial charge in [0.15, 0.2) is 0 Å². The van der Waals surface area contributed by atoms with Crippen molar-refractivity contribution in [2.45, 2.75) is 19.8 Å². The lowest BCUT2D eigenvalue weighted by atomic mass is 10.0. The molecule has 0 saturated heterocycles. The van der Waals surface area contributed by atoms with Crippen molar-refractivity contribution in [2.75, 3.05) is 0 Å². The molecule has 0 fully saturated rings. The summed E-state index contributed by atoms with van der Waals surface area (Å²) in [5, 5.41) is 0. The minimum atomic E-state index is 0.509. The minimum absolute atomic E-state index is 0.509. The van der Waals surface area contributed by atoms with Crippen LogP contribution in [0.5, 0.6) is 0 Å².